The van der Waals surface area contributed by atoms with E-state index in [9.17, 15) is 18.0 Å². The van der Waals surface area contributed by atoms with Gasteiger partial charge in [-0.15, -0.1) is 0 Å². The summed E-state index contributed by atoms with van der Waals surface area (Å²) < 4.78 is 30.7. The van der Waals surface area contributed by atoms with Gasteiger partial charge in [0, 0.05) is 0 Å². The first-order valence-electron chi connectivity index (χ1n) is 5.42. The van der Waals surface area contributed by atoms with Crippen molar-refractivity contribution in [1.82, 2.24) is 4.72 Å². The van der Waals surface area contributed by atoms with Gasteiger partial charge in [-0.05, 0) is 19.1 Å². The molecule has 0 saturated heterocycles. The Morgan fingerprint density at radius 2 is 1.86 bits per heavy atom. The molecule has 116 valence electrons. The highest BCUT2D eigenvalue weighted by molar-refractivity contribution is 7.89. The zero-order valence-corrected chi connectivity index (χ0v) is 13.2. The Labute approximate surface area is 130 Å². The Morgan fingerprint density at radius 3 is 2.33 bits per heavy atom. The van der Waals surface area contributed by atoms with Crippen molar-refractivity contribution < 1.29 is 27.9 Å². The van der Waals surface area contributed by atoms with Crippen LogP contribution in [0.4, 0.5) is 0 Å². The van der Waals surface area contributed by atoms with Crippen LogP contribution in [0.25, 0.3) is 0 Å². The number of carbonyl (C=O) groups is 2. The fraction of sp³-hybridized carbons (Fsp3) is 0.273. The van der Waals surface area contributed by atoms with Crippen LogP contribution in [0.5, 0.6) is 0 Å². The number of benzene rings is 1. The van der Waals surface area contributed by atoms with Crippen molar-refractivity contribution in [2.75, 3.05) is 7.11 Å². The molecule has 10 heteroatoms. The SMILES string of the molecule is COC(=O)C(C)NS(=O)(=O)c1cc(C(=O)O)c(Cl)cc1Cl. The summed E-state index contributed by atoms with van der Waals surface area (Å²) in [5.41, 5.74) is -0.424. The van der Waals surface area contributed by atoms with Gasteiger partial charge >= 0.3 is 11.9 Å². The molecular formula is C11H11Cl2NO6S. The molecule has 21 heavy (non-hydrogen) atoms. The maximum absolute atomic E-state index is 12.1. The molecule has 0 bridgehead atoms. The molecule has 0 aromatic heterocycles. The van der Waals surface area contributed by atoms with Gasteiger partial charge in [0.1, 0.15) is 10.9 Å². The third-order valence-electron chi connectivity index (χ3n) is 2.43. The van der Waals surface area contributed by atoms with Crippen molar-refractivity contribution in [1.29, 1.82) is 0 Å². The molecule has 1 rings (SSSR count). The molecule has 0 aliphatic carbocycles. The number of carbonyl (C=O) groups excluding carboxylic acids is 1. The van der Waals surface area contributed by atoms with Gasteiger partial charge < -0.3 is 9.84 Å². The normalized spacial score (nSPS) is 12.8. The molecule has 1 aromatic carbocycles. The highest BCUT2D eigenvalue weighted by Gasteiger charge is 2.26. The Morgan fingerprint density at radius 1 is 1.29 bits per heavy atom. The minimum Gasteiger partial charge on any atom is -0.478 e. The number of rotatable bonds is 5. The van der Waals surface area contributed by atoms with Crippen LogP contribution >= 0.6 is 23.2 Å². The summed E-state index contributed by atoms with van der Waals surface area (Å²) >= 11 is 11.4. The van der Waals surface area contributed by atoms with Gasteiger partial charge in [0.05, 0.1) is 22.7 Å². The lowest BCUT2D eigenvalue weighted by molar-refractivity contribution is -0.142. The molecule has 0 amide bonds. The molecule has 0 spiro atoms. The lowest BCUT2D eigenvalue weighted by atomic mass is 10.2. The summed E-state index contributed by atoms with van der Waals surface area (Å²) in [5.74, 6) is -2.21. The van der Waals surface area contributed by atoms with Crippen molar-refractivity contribution in [2.45, 2.75) is 17.9 Å². The van der Waals surface area contributed by atoms with Crippen molar-refractivity contribution in [2.24, 2.45) is 0 Å². The second-order valence-electron chi connectivity index (χ2n) is 3.93. The van der Waals surface area contributed by atoms with Crippen LogP contribution in [0.15, 0.2) is 17.0 Å². The van der Waals surface area contributed by atoms with E-state index >= 15 is 0 Å². The number of aromatic carboxylic acids is 1. The summed E-state index contributed by atoms with van der Waals surface area (Å²) in [6, 6.07) is 0.656. The number of nitrogens with one attached hydrogen (secondary N) is 1. The second kappa shape index (κ2) is 6.61. The summed E-state index contributed by atoms with van der Waals surface area (Å²) in [7, 11) is -3.12. The Kier molecular flexibility index (Phi) is 5.57. The Bertz CT molecular complexity index is 688. The lowest BCUT2D eigenvalue weighted by Crippen LogP contribution is -2.39. The topological polar surface area (TPSA) is 110 Å². The molecule has 2 N–H and O–H groups in total. The summed E-state index contributed by atoms with van der Waals surface area (Å²) in [4.78, 5) is 21.7. The maximum Gasteiger partial charge on any atom is 0.337 e. The van der Waals surface area contributed by atoms with Gasteiger partial charge in [-0.2, -0.15) is 4.72 Å². The summed E-state index contributed by atoms with van der Waals surface area (Å²) in [5, 5.41) is 8.47. The maximum atomic E-state index is 12.1. The van der Waals surface area contributed by atoms with E-state index in [1.807, 2.05) is 4.72 Å². The Hall–Kier alpha value is -1.35. The van der Waals surface area contributed by atoms with E-state index in [1.165, 1.54) is 6.92 Å². The average Bonchev–Trinajstić information content (AvgIpc) is 2.36. The predicted molar refractivity (Wildman–Crippen MR) is 75.2 cm³/mol. The molecule has 7 nitrogen and oxygen atoms in total. The number of carboxylic acid groups (broad SMARTS) is 1. The van der Waals surface area contributed by atoms with Crippen LogP contribution in [0.1, 0.15) is 17.3 Å². The molecule has 1 aromatic rings. The van der Waals surface area contributed by atoms with Gasteiger partial charge in [-0.25, -0.2) is 13.2 Å². The van der Waals surface area contributed by atoms with Crippen LogP contribution in [0.2, 0.25) is 10.0 Å². The van der Waals surface area contributed by atoms with Gasteiger partial charge in [0.2, 0.25) is 10.0 Å². The zero-order chi connectivity index (χ0) is 16.4. The molecule has 0 heterocycles. The highest BCUT2D eigenvalue weighted by atomic mass is 35.5. The number of methoxy groups -OCH3 is 1. The number of halogens is 2. The Balaban J connectivity index is 3.29. The molecular weight excluding hydrogens is 345 g/mol. The fourth-order valence-electron chi connectivity index (χ4n) is 1.42. The van der Waals surface area contributed by atoms with Gasteiger partial charge in [-0.3, -0.25) is 4.79 Å². The number of sulfonamides is 1. The van der Waals surface area contributed by atoms with Gasteiger partial charge in [-0.1, -0.05) is 23.2 Å². The predicted octanol–water partition coefficient (Wildman–Crippen LogP) is 1.53. The van der Waals surface area contributed by atoms with Crippen molar-refractivity contribution in [3.63, 3.8) is 0 Å². The van der Waals surface area contributed by atoms with E-state index in [-0.39, 0.29) is 10.0 Å². The standard InChI is InChI=1S/C11H11Cl2NO6S/c1-5(11(17)20-2)14-21(18,19)9-3-6(10(15)16)7(12)4-8(9)13/h3-5,14H,1-2H3,(H,15,16). The van der Waals surface area contributed by atoms with E-state index in [2.05, 4.69) is 4.74 Å². The quantitative estimate of drug-likeness (QED) is 0.775. The van der Waals surface area contributed by atoms with E-state index in [0.29, 0.717) is 0 Å². The number of carboxylic acids is 1. The van der Waals surface area contributed by atoms with E-state index in [0.717, 1.165) is 19.2 Å². The largest absolute Gasteiger partial charge is 0.478 e. The first-order valence-corrected chi connectivity index (χ1v) is 7.66. The fourth-order valence-corrected chi connectivity index (χ4v) is 3.47. The number of hydrogen-bond acceptors (Lipinski definition) is 5. The molecule has 0 aliphatic heterocycles. The monoisotopic (exact) mass is 355 g/mol. The van der Waals surface area contributed by atoms with Crippen molar-refractivity contribution in [3.05, 3.63) is 27.7 Å². The zero-order valence-electron chi connectivity index (χ0n) is 10.9. The summed E-state index contributed by atoms with van der Waals surface area (Å²) in [6.45, 7) is 1.27. The molecule has 1 unspecified atom stereocenters. The first-order chi connectivity index (χ1) is 9.60. The first kappa shape index (κ1) is 17.7. The van der Waals surface area contributed by atoms with E-state index in [4.69, 9.17) is 28.3 Å². The van der Waals surface area contributed by atoms with Crippen LogP contribution in [0, 0.1) is 0 Å². The highest BCUT2D eigenvalue weighted by Crippen LogP contribution is 2.28. The second-order valence-corrected chi connectivity index (χ2v) is 6.43. The third-order valence-corrected chi connectivity index (χ3v) is 4.75. The number of esters is 1. The van der Waals surface area contributed by atoms with Crippen molar-refractivity contribution >= 4 is 45.2 Å². The van der Waals surface area contributed by atoms with Crippen molar-refractivity contribution in [3.8, 4) is 0 Å². The van der Waals surface area contributed by atoms with Crippen LogP contribution in [0.3, 0.4) is 0 Å². The van der Waals surface area contributed by atoms with Gasteiger partial charge in [0.25, 0.3) is 0 Å². The molecule has 0 radical (unpaired) electrons. The molecule has 0 saturated carbocycles. The van der Waals surface area contributed by atoms with Gasteiger partial charge in [0.15, 0.2) is 0 Å². The van der Waals surface area contributed by atoms with E-state index < -0.39 is 38.5 Å². The molecule has 0 fully saturated rings. The van der Waals surface area contributed by atoms with Crippen LogP contribution in [-0.4, -0.2) is 38.6 Å². The number of hydrogen-bond donors (Lipinski definition) is 2. The minimum absolute atomic E-state index is 0.201. The third kappa shape index (κ3) is 4.07. The lowest BCUT2D eigenvalue weighted by Gasteiger charge is -2.14. The molecule has 1 atom stereocenters. The molecule has 0 aliphatic rings. The smallest absolute Gasteiger partial charge is 0.337 e. The number of ether oxygens (including phenoxy) is 1. The van der Waals surface area contributed by atoms with Crippen LogP contribution < -0.4 is 4.72 Å². The minimum atomic E-state index is -4.22. The average molecular weight is 356 g/mol. The van der Waals surface area contributed by atoms with E-state index in [1.54, 1.807) is 0 Å². The van der Waals surface area contributed by atoms with Crippen LogP contribution in [-0.2, 0) is 19.6 Å². The summed E-state index contributed by atoms with van der Waals surface area (Å²) in [6.07, 6.45) is 0.